The Morgan fingerprint density at radius 2 is 1.97 bits per heavy atom. The van der Waals surface area contributed by atoms with Gasteiger partial charge in [0, 0.05) is 19.1 Å². The Morgan fingerprint density at radius 1 is 1.17 bits per heavy atom. The Morgan fingerprint density at radius 3 is 2.73 bits per heavy atom. The zero-order valence-electron chi connectivity index (χ0n) is 17.8. The molecule has 2 amide bonds. The van der Waals surface area contributed by atoms with E-state index in [9.17, 15) is 9.59 Å². The molecule has 1 aliphatic carbocycles. The molecule has 1 aromatic heterocycles. The molecule has 0 radical (unpaired) electrons. The van der Waals surface area contributed by atoms with Crippen LogP contribution in [0.25, 0.3) is 10.2 Å². The normalized spacial score (nSPS) is 20.9. The van der Waals surface area contributed by atoms with Gasteiger partial charge in [0.1, 0.15) is 0 Å². The minimum absolute atomic E-state index is 0.00833. The number of carbonyl (C=O) groups excluding carboxylic acids is 2. The molecule has 2 aliphatic rings. The second-order valence-corrected chi connectivity index (χ2v) is 9.53. The van der Waals surface area contributed by atoms with Crippen LogP contribution < -0.4 is 10.2 Å². The van der Waals surface area contributed by atoms with Gasteiger partial charge in [-0.05, 0) is 51.3 Å². The molecule has 30 heavy (non-hydrogen) atoms. The summed E-state index contributed by atoms with van der Waals surface area (Å²) < 4.78 is 1.09. The van der Waals surface area contributed by atoms with E-state index in [-0.39, 0.29) is 17.7 Å². The Labute approximate surface area is 182 Å². The first kappa shape index (κ1) is 21.2. The van der Waals surface area contributed by atoms with Crippen LogP contribution in [0.1, 0.15) is 51.9 Å². The maximum Gasteiger partial charge on any atom is 0.242 e. The highest BCUT2D eigenvalue weighted by Gasteiger charge is 2.29. The summed E-state index contributed by atoms with van der Waals surface area (Å²) in [7, 11) is 0. The van der Waals surface area contributed by atoms with Crippen molar-refractivity contribution in [3.05, 3.63) is 24.3 Å². The number of nitrogens with one attached hydrogen (secondary N) is 1. The predicted octanol–water partition coefficient (Wildman–Crippen LogP) is 3.81. The summed E-state index contributed by atoms with van der Waals surface area (Å²) in [6, 6.07) is 8.33. The zero-order valence-corrected chi connectivity index (χ0v) is 18.6. The number of likely N-dealkylation sites (tertiary alicyclic amines) is 1. The number of rotatable bonds is 6. The fourth-order valence-corrected chi connectivity index (χ4v) is 5.70. The molecule has 6 nitrogen and oxygen atoms in total. The van der Waals surface area contributed by atoms with Crippen LogP contribution in [-0.4, -0.2) is 53.9 Å². The highest BCUT2D eigenvalue weighted by Crippen LogP contribution is 2.29. The Kier molecular flexibility index (Phi) is 7.00. The lowest BCUT2D eigenvalue weighted by Gasteiger charge is -2.34. The molecule has 1 saturated carbocycles. The predicted molar refractivity (Wildman–Crippen MR) is 122 cm³/mol. The smallest absolute Gasteiger partial charge is 0.242 e. The molecule has 2 heterocycles. The van der Waals surface area contributed by atoms with Gasteiger partial charge >= 0.3 is 0 Å². The Bertz CT molecular complexity index is 844. The largest absolute Gasteiger partial charge is 0.353 e. The lowest BCUT2D eigenvalue weighted by atomic mass is 9.93. The first-order valence-corrected chi connectivity index (χ1v) is 12.1. The molecular weight excluding hydrogens is 396 g/mol. The van der Waals surface area contributed by atoms with E-state index in [0.717, 1.165) is 47.6 Å². The minimum Gasteiger partial charge on any atom is -0.353 e. The van der Waals surface area contributed by atoms with E-state index >= 15 is 0 Å². The maximum atomic E-state index is 13.1. The van der Waals surface area contributed by atoms with Crippen molar-refractivity contribution in [2.24, 2.45) is 5.92 Å². The van der Waals surface area contributed by atoms with Crippen molar-refractivity contribution in [2.75, 3.05) is 31.1 Å². The topological polar surface area (TPSA) is 65.5 Å². The number of benzene rings is 1. The summed E-state index contributed by atoms with van der Waals surface area (Å²) in [5, 5.41) is 4.02. The number of thiazole rings is 1. The van der Waals surface area contributed by atoms with E-state index in [2.05, 4.69) is 15.2 Å². The highest BCUT2D eigenvalue weighted by molar-refractivity contribution is 7.22. The molecule has 162 valence electrons. The summed E-state index contributed by atoms with van der Waals surface area (Å²) in [4.78, 5) is 34.4. The molecule has 7 heteroatoms. The third-order valence-electron chi connectivity index (χ3n) is 6.32. The van der Waals surface area contributed by atoms with Gasteiger partial charge in [-0.25, -0.2) is 4.98 Å². The van der Waals surface area contributed by atoms with Gasteiger partial charge < -0.3 is 5.32 Å². The number of hydrogen-bond acceptors (Lipinski definition) is 5. The zero-order chi connectivity index (χ0) is 20.9. The fraction of sp³-hybridized carbons (Fsp3) is 0.609. The molecule has 1 aromatic carbocycles. The number of aromatic nitrogens is 1. The van der Waals surface area contributed by atoms with Crippen molar-refractivity contribution in [2.45, 2.75) is 57.9 Å². The Balaban J connectivity index is 1.35. The van der Waals surface area contributed by atoms with E-state index in [1.807, 2.05) is 31.2 Å². The average molecular weight is 429 g/mol. The van der Waals surface area contributed by atoms with Gasteiger partial charge in [0.2, 0.25) is 11.8 Å². The van der Waals surface area contributed by atoms with Crippen LogP contribution in [0.15, 0.2) is 24.3 Å². The van der Waals surface area contributed by atoms with E-state index in [1.54, 1.807) is 16.2 Å². The van der Waals surface area contributed by atoms with Crippen molar-refractivity contribution in [3.63, 3.8) is 0 Å². The first-order valence-electron chi connectivity index (χ1n) is 11.3. The average Bonchev–Trinajstić information content (AvgIpc) is 3.19. The van der Waals surface area contributed by atoms with Crippen molar-refractivity contribution in [1.82, 2.24) is 15.2 Å². The lowest BCUT2D eigenvalue weighted by Crippen LogP contribution is -2.49. The molecule has 0 spiro atoms. The third kappa shape index (κ3) is 5.01. The standard InChI is InChI=1S/C23H32N4O2S/c1-2-27(23-25-19-12-6-7-13-20(19)30-23)21(28)16-26-14-8-9-17(15-26)22(29)24-18-10-4-3-5-11-18/h6-7,12-13,17-18H,2-5,8-11,14-16H2,1H3,(H,24,29)/t17-/m1/s1. The van der Waals surface area contributed by atoms with Gasteiger partial charge in [0.25, 0.3) is 0 Å². The van der Waals surface area contributed by atoms with Gasteiger partial charge in [0.15, 0.2) is 5.13 Å². The van der Waals surface area contributed by atoms with Crippen LogP contribution >= 0.6 is 11.3 Å². The van der Waals surface area contributed by atoms with Crippen LogP contribution in [0.2, 0.25) is 0 Å². The quantitative estimate of drug-likeness (QED) is 0.760. The number of para-hydroxylation sites is 1. The van der Waals surface area contributed by atoms with Crippen LogP contribution in [0.5, 0.6) is 0 Å². The molecule has 4 rings (SSSR count). The molecule has 2 aromatic rings. The van der Waals surface area contributed by atoms with Gasteiger partial charge in [-0.15, -0.1) is 0 Å². The van der Waals surface area contributed by atoms with Crippen LogP contribution in [-0.2, 0) is 9.59 Å². The summed E-state index contributed by atoms with van der Waals surface area (Å²) in [5.74, 6) is 0.230. The second-order valence-electron chi connectivity index (χ2n) is 8.52. The second kappa shape index (κ2) is 9.88. The van der Waals surface area contributed by atoms with Gasteiger partial charge in [0.05, 0.1) is 22.7 Å². The molecule has 2 fully saturated rings. The molecule has 0 unspecified atom stereocenters. The van der Waals surface area contributed by atoms with Crippen LogP contribution in [0.4, 0.5) is 5.13 Å². The van der Waals surface area contributed by atoms with E-state index in [0.29, 0.717) is 25.7 Å². The highest BCUT2D eigenvalue weighted by atomic mass is 32.1. The van der Waals surface area contributed by atoms with Gasteiger partial charge in [-0.3, -0.25) is 19.4 Å². The summed E-state index contributed by atoms with van der Waals surface area (Å²) in [5.41, 5.74) is 0.932. The lowest BCUT2D eigenvalue weighted by molar-refractivity contribution is -0.129. The molecular formula is C23H32N4O2S. The van der Waals surface area contributed by atoms with Crippen LogP contribution in [0.3, 0.4) is 0 Å². The number of likely N-dealkylation sites (N-methyl/N-ethyl adjacent to an activating group) is 1. The van der Waals surface area contributed by atoms with Gasteiger partial charge in [-0.1, -0.05) is 42.7 Å². The SMILES string of the molecule is CCN(C(=O)CN1CCC[C@@H](C(=O)NC2CCCCC2)C1)c1nc2ccccc2s1. The fourth-order valence-electron chi connectivity index (χ4n) is 4.65. The maximum absolute atomic E-state index is 13.1. The number of anilines is 1. The molecule has 1 aliphatic heterocycles. The number of piperidine rings is 1. The number of amides is 2. The summed E-state index contributed by atoms with van der Waals surface area (Å²) in [6.07, 6.45) is 7.81. The number of hydrogen-bond donors (Lipinski definition) is 1. The van der Waals surface area contributed by atoms with Crippen molar-refractivity contribution >= 4 is 38.5 Å². The molecule has 1 atom stereocenters. The van der Waals surface area contributed by atoms with E-state index < -0.39 is 0 Å². The molecule has 0 bridgehead atoms. The molecule has 1 N–H and O–H groups in total. The van der Waals surface area contributed by atoms with Gasteiger partial charge in [-0.2, -0.15) is 0 Å². The van der Waals surface area contributed by atoms with Crippen molar-refractivity contribution in [1.29, 1.82) is 0 Å². The monoisotopic (exact) mass is 428 g/mol. The van der Waals surface area contributed by atoms with E-state index in [1.165, 1.54) is 19.3 Å². The van der Waals surface area contributed by atoms with E-state index in [4.69, 9.17) is 0 Å². The molecule has 1 saturated heterocycles. The van der Waals surface area contributed by atoms with Crippen molar-refractivity contribution < 1.29 is 9.59 Å². The summed E-state index contributed by atoms with van der Waals surface area (Å²) in [6.45, 7) is 4.47. The Hall–Kier alpha value is -1.99. The summed E-state index contributed by atoms with van der Waals surface area (Å²) >= 11 is 1.56. The number of fused-ring (bicyclic) bond motifs is 1. The third-order valence-corrected chi connectivity index (χ3v) is 7.38. The number of carbonyl (C=O) groups is 2. The minimum atomic E-state index is -0.00833. The van der Waals surface area contributed by atoms with Crippen LogP contribution in [0, 0.1) is 5.92 Å². The number of nitrogens with zero attached hydrogens (tertiary/aromatic N) is 3. The van der Waals surface area contributed by atoms with Crippen molar-refractivity contribution in [3.8, 4) is 0 Å². The first-order chi connectivity index (χ1) is 14.6.